The van der Waals surface area contributed by atoms with Crippen LogP contribution < -0.4 is 4.74 Å². The zero-order valence-electron chi connectivity index (χ0n) is 13.5. The number of hydrogen-bond acceptors (Lipinski definition) is 5. The highest BCUT2D eigenvalue weighted by Gasteiger charge is 2.26. The topological polar surface area (TPSA) is 63.4 Å². The maximum absolute atomic E-state index is 10.3. The third-order valence-corrected chi connectivity index (χ3v) is 4.27. The minimum absolute atomic E-state index is 0.315. The quantitative estimate of drug-likeness (QED) is 0.838. The fourth-order valence-electron chi connectivity index (χ4n) is 3.04. The lowest BCUT2D eigenvalue weighted by Crippen LogP contribution is -2.40. The first-order valence-electron chi connectivity index (χ1n) is 8.15. The maximum atomic E-state index is 10.3. The molecule has 0 bridgehead atoms. The Kier molecular flexibility index (Phi) is 5.25. The molecule has 0 aliphatic carbocycles. The summed E-state index contributed by atoms with van der Waals surface area (Å²) < 4.78 is 7.53. The fourth-order valence-corrected chi connectivity index (χ4v) is 3.04. The number of rotatable bonds is 7. The zero-order chi connectivity index (χ0) is 16.1. The molecule has 124 valence electrons. The van der Waals surface area contributed by atoms with Gasteiger partial charge >= 0.3 is 0 Å². The summed E-state index contributed by atoms with van der Waals surface area (Å²) in [5, 5.41) is 14.4. The Morgan fingerprint density at radius 1 is 1.35 bits per heavy atom. The van der Waals surface area contributed by atoms with Crippen LogP contribution >= 0.6 is 0 Å². The van der Waals surface area contributed by atoms with Crippen molar-refractivity contribution in [1.29, 1.82) is 0 Å². The summed E-state index contributed by atoms with van der Waals surface area (Å²) in [5.74, 6) is 0.801. The van der Waals surface area contributed by atoms with E-state index < -0.39 is 6.10 Å². The van der Waals surface area contributed by atoms with Gasteiger partial charge in [-0.3, -0.25) is 9.58 Å². The van der Waals surface area contributed by atoms with Gasteiger partial charge in [-0.05, 0) is 38.4 Å². The number of ether oxygens (including phenoxy) is 1. The second kappa shape index (κ2) is 7.57. The minimum atomic E-state index is -0.493. The Bertz CT molecular complexity index is 585. The van der Waals surface area contributed by atoms with Crippen LogP contribution in [0.4, 0.5) is 0 Å². The van der Waals surface area contributed by atoms with E-state index in [1.54, 1.807) is 12.7 Å². The molecule has 1 aliphatic rings. The Morgan fingerprint density at radius 3 is 2.91 bits per heavy atom. The Hall–Kier alpha value is -1.92. The molecule has 2 aromatic rings. The highest BCUT2D eigenvalue weighted by molar-refractivity contribution is 5.26. The lowest BCUT2D eigenvalue weighted by molar-refractivity contribution is 0.0609. The minimum Gasteiger partial charge on any atom is -0.491 e. The van der Waals surface area contributed by atoms with Crippen molar-refractivity contribution in [2.24, 2.45) is 0 Å². The van der Waals surface area contributed by atoms with Crippen LogP contribution in [0.2, 0.25) is 0 Å². The number of aliphatic hydroxyl groups excluding tert-OH is 1. The average molecular weight is 316 g/mol. The lowest BCUT2D eigenvalue weighted by atomic mass is 10.2. The van der Waals surface area contributed by atoms with Crippen molar-refractivity contribution >= 4 is 0 Å². The molecular formula is C17H24N4O2. The van der Waals surface area contributed by atoms with Gasteiger partial charge in [0.2, 0.25) is 0 Å². The van der Waals surface area contributed by atoms with E-state index in [-0.39, 0.29) is 0 Å². The summed E-state index contributed by atoms with van der Waals surface area (Å²) in [5.41, 5.74) is 1.20. The molecule has 1 aromatic carbocycles. The SMILES string of the molecule is Cc1ccc(OC[C@H](O)CN2CCC[C@H]2Cn2cncn2)cc1. The van der Waals surface area contributed by atoms with Gasteiger partial charge in [0.15, 0.2) is 0 Å². The molecule has 23 heavy (non-hydrogen) atoms. The Labute approximate surface area is 136 Å². The molecule has 0 amide bonds. The van der Waals surface area contributed by atoms with Crippen LogP contribution in [0, 0.1) is 6.92 Å². The summed E-state index contributed by atoms with van der Waals surface area (Å²) in [6, 6.07) is 8.30. The largest absolute Gasteiger partial charge is 0.491 e. The molecule has 2 heterocycles. The van der Waals surface area contributed by atoms with Crippen LogP contribution in [-0.2, 0) is 6.54 Å². The first kappa shape index (κ1) is 16.0. The summed E-state index contributed by atoms with van der Waals surface area (Å²) in [6.07, 6.45) is 5.10. The summed E-state index contributed by atoms with van der Waals surface area (Å²) in [6.45, 7) is 4.83. The van der Waals surface area contributed by atoms with E-state index in [0.29, 0.717) is 19.2 Å². The molecule has 6 nitrogen and oxygen atoms in total. The van der Waals surface area contributed by atoms with Crippen molar-refractivity contribution in [2.45, 2.75) is 38.5 Å². The van der Waals surface area contributed by atoms with E-state index in [4.69, 9.17) is 4.74 Å². The number of benzene rings is 1. The van der Waals surface area contributed by atoms with Gasteiger partial charge in [0.05, 0.1) is 6.54 Å². The maximum Gasteiger partial charge on any atom is 0.137 e. The number of hydrogen-bond donors (Lipinski definition) is 1. The predicted molar refractivity (Wildman–Crippen MR) is 87.3 cm³/mol. The highest BCUT2D eigenvalue weighted by atomic mass is 16.5. The lowest BCUT2D eigenvalue weighted by Gasteiger charge is -2.26. The van der Waals surface area contributed by atoms with Gasteiger partial charge in [-0.2, -0.15) is 5.10 Å². The molecule has 0 spiro atoms. The third kappa shape index (κ3) is 4.53. The molecule has 1 aromatic heterocycles. The molecule has 1 fully saturated rings. The summed E-state index contributed by atoms with van der Waals surface area (Å²) >= 11 is 0. The van der Waals surface area contributed by atoms with Crippen molar-refractivity contribution < 1.29 is 9.84 Å². The van der Waals surface area contributed by atoms with Gasteiger partial charge in [0, 0.05) is 12.6 Å². The molecule has 3 rings (SSSR count). The van der Waals surface area contributed by atoms with E-state index in [0.717, 1.165) is 31.7 Å². The normalized spacial score (nSPS) is 19.8. The van der Waals surface area contributed by atoms with Crippen LogP contribution in [-0.4, -0.2) is 56.6 Å². The van der Waals surface area contributed by atoms with Gasteiger partial charge < -0.3 is 9.84 Å². The number of likely N-dealkylation sites (tertiary alicyclic amines) is 1. The van der Waals surface area contributed by atoms with E-state index in [1.807, 2.05) is 35.9 Å². The van der Waals surface area contributed by atoms with E-state index >= 15 is 0 Å². The second-order valence-corrected chi connectivity index (χ2v) is 6.19. The van der Waals surface area contributed by atoms with E-state index in [9.17, 15) is 5.11 Å². The van der Waals surface area contributed by atoms with Gasteiger partial charge in [-0.15, -0.1) is 0 Å². The first-order chi connectivity index (χ1) is 11.2. The van der Waals surface area contributed by atoms with Crippen LogP contribution in [0.3, 0.4) is 0 Å². The van der Waals surface area contributed by atoms with Crippen LogP contribution in [0.15, 0.2) is 36.9 Å². The smallest absolute Gasteiger partial charge is 0.137 e. The van der Waals surface area contributed by atoms with Crippen LogP contribution in [0.5, 0.6) is 5.75 Å². The zero-order valence-corrected chi connectivity index (χ0v) is 13.5. The highest BCUT2D eigenvalue weighted by Crippen LogP contribution is 2.19. The Morgan fingerprint density at radius 2 is 2.17 bits per heavy atom. The van der Waals surface area contributed by atoms with E-state index in [2.05, 4.69) is 15.0 Å². The van der Waals surface area contributed by atoms with Crippen molar-refractivity contribution in [3.63, 3.8) is 0 Å². The second-order valence-electron chi connectivity index (χ2n) is 6.19. The molecule has 0 saturated carbocycles. The van der Waals surface area contributed by atoms with E-state index in [1.165, 1.54) is 5.56 Å². The van der Waals surface area contributed by atoms with Gasteiger partial charge in [-0.1, -0.05) is 17.7 Å². The van der Waals surface area contributed by atoms with Gasteiger partial charge in [0.25, 0.3) is 0 Å². The fraction of sp³-hybridized carbons (Fsp3) is 0.529. The van der Waals surface area contributed by atoms with Crippen molar-refractivity contribution in [1.82, 2.24) is 19.7 Å². The van der Waals surface area contributed by atoms with Crippen molar-refractivity contribution in [2.75, 3.05) is 19.7 Å². The summed E-state index contributed by atoms with van der Waals surface area (Å²) in [4.78, 5) is 6.31. The molecule has 2 atom stereocenters. The number of aryl methyl sites for hydroxylation is 1. The molecular weight excluding hydrogens is 292 g/mol. The Balaban J connectivity index is 1.46. The van der Waals surface area contributed by atoms with Gasteiger partial charge in [-0.25, -0.2) is 4.98 Å². The number of aromatic nitrogens is 3. The van der Waals surface area contributed by atoms with Crippen LogP contribution in [0.25, 0.3) is 0 Å². The average Bonchev–Trinajstić information content (AvgIpc) is 3.20. The van der Waals surface area contributed by atoms with Crippen LogP contribution in [0.1, 0.15) is 18.4 Å². The molecule has 0 radical (unpaired) electrons. The molecule has 1 saturated heterocycles. The van der Waals surface area contributed by atoms with Gasteiger partial charge in [0.1, 0.15) is 31.1 Å². The summed E-state index contributed by atoms with van der Waals surface area (Å²) in [7, 11) is 0. The van der Waals surface area contributed by atoms with Crippen molar-refractivity contribution in [3.05, 3.63) is 42.5 Å². The molecule has 1 aliphatic heterocycles. The van der Waals surface area contributed by atoms with Crippen molar-refractivity contribution in [3.8, 4) is 5.75 Å². The number of nitrogens with zero attached hydrogens (tertiary/aromatic N) is 4. The monoisotopic (exact) mass is 316 g/mol. The first-order valence-corrected chi connectivity index (χ1v) is 8.15. The number of β-amino-alcohol motifs (C(OH)–C–C–N with tert-alkyl or cyclic N) is 1. The third-order valence-electron chi connectivity index (χ3n) is 4.27. The molecule has 0 unspecified atom stereocenters. The number of aliphatic hydroxyl groups is 1. The standard InChI is InChI=1S/C17H24N4O2/c1-14-4-6-17(7-5-14)23-11-16(22)10-20-8-2-3-15(20)9-21-13-18-12-19-21/h4-7,12-13,15-16,22H,2-3,8-11H2,1H3/t15-,16+/m0/s1. The molecule has 1 N–H and O–H groups in total. The predicted octanol–water partition coefficient (Wildman–Crippen LogP) is 1.49. The molecule has 6 heteroatoms.